The van der Waals surface area contributed by atoms with Crippen molar-refractivity contribution in [2.75, 3.05) is 12.9 Å². The number of hydrogen-bond acceptors (Lipinski definition) is 6. The van der Waals surface area contributed by atoms with Gasteiger partial charge in [0.05, 0.1) is 22.2 Å². The topological polar surface area (TPSA) is 96.2 Å². The normalized spacial score (nSPS) is 20.7. The van der Waals surface area contributed by atoms with E-state index in [0.717, 1.165) is 48.1 Å². The van der Waals surface area contributed by atoms with Crippen molar-refractivity contribution in [3.05, 3.63) is 95.5 Å². The van der Waals surface area contributed by atoms with Crippen LogP contribution in [-0.4, -0.2) is 38.3 Å². The first-order valence-corrected chi connectivity index (χ1v) is 16.8. The van der Waals surface area contributed by atoms with Crippen LogP contribution in [0.3, 0.4) is 0 Å². The van der Waals surface area contributed by atoms with E-state index >= 15 is 0 Å². The summed E-state index contributed by atoms with van der Waals surface area (Å²) in [5, 5.41) is 8.52. The highest BCUT2D eigenvalue weighted by Gasteiger charge is 2.42. The Balaban J connectivity index is 1.91. The Labute approximate surface area is 253 Å². The second-order valence-electron chi connectivity index (χ2n) is 10.4. The third-order valence-electron chi connectivity index (χ3n) is 7.78. The third-order valence-corrected chi connectivity index (χ3v) is 11.1. The number of fused-ring (bicyclic) bond motifs is 1. The van der Waals surface area contributed by atoms with Gasteiger partial charge in [0.25, 0.3) is 0 Å². The molecule has 3 N–H and O–H groups in total. The molecule has 0 spiro atoms. The van der Waals surface area contributed by atoms with Crippen molar-refractivity contribution in [2.24, 2.45) is 5.92 Å². The van der Waals surface area contributed by atoms with Gasteiger partial charge < -0.3 is 14.6 Å². The summed E-state index contributed by atoms with van der Waals surface area (Å²) < 4.78 is 49.3. The SMILES string of the molecule is CCCCC1CC(c2ccccc2)c2cc(SCC)c(O/C=C(\F)C(=O)O)cc2S(O)(O)C1Cc1ccc(OC)cc1. The number of hydrogen-bond donors (Lipinski definition) is 3. The van der Waals surface area contributed by atoms with E-state index in [1.165, 1.54) is 11.8 Å². The fourth-order valence-corrected chi connectivity index (χ4v) is 8.81. The van der Waals surface area contributed by atoms with Crippen molar-refractivity contribution in [3.8, 4) is 11.5 Å². The summed E-state index contributed by atoms with van der Waals surface area (Å²) >= 11 is 1.47. The minimum Gasteiger partial charge on any atom is -0.497 e. The Morgan fingerprint density at radius 2 is 1.81 bits per heavy atom. The first-order chi connectivity index (χ1) is 20.2. The van der Waals surface area contributed by atoms with Crippen molar-refractivity contribution in [1.82, 2.24) is 0 Å². The molecule has 6 nitrogen and oxygen atoms in total. The molecule has 0 aliphatic carbocycles. The van der Waals surface area contributed by atoms with Gasteiger partial charge in [0.1, 0.15) is 17.8 Å². The van der Waals surface area contributed by atoms with E-state index in [1.54, 1.807) is 13.2 Å². The van der Waals surface area contributed by atoms with Gasteiger partial charge in [-0.2, -0.15) is 15.0 Å². The Kier molecular flexibility index (Phi) is 11.0. The average molecular weight is 615 g/mol. The minimum absolute atomic E-state index is 0.00524. The highest BCUT2D eigenvalue weighted by atomic mass is 32.3. The molecule has 0 amide bonds. The summed E-state index contributed by atoms with van der Waals surface area (Å²) in [6.45, 7) is 4.11. The molecule has 1 aliphatic heterocycles. The zero-order chi connectivity index (χ0) is 30.3. The maximum absolute atomic E-state index is 13.9. The van der Waals surface area contributed by atoms with Crippen LogP contribution in [-0.2, 0) is 11.2 Å². The van der Waals surface area contributed by atoms with Gasteiger partial charge in [-0.1, -0.05) is 69.2 Å². The first kappa shape index (κ1) is 31.9. The second-order valence-corrected chi connectivity index (χ2v) is 14.0. The van der Waals surface area contributed by atoms with Crippen molar-refractivity contribution in [1.29, 1.82) is 0 Å². The van der Waals surface area contributed by atoms with Crippen LogP contribution in [0.15, 0.2) is 88.6 Å². The zero-order valence-corrected chi connectivity index (χ0v) is 25.8. The molecule has 0 bridgehead atoms. The molecule has 1 heterocycles. The molecule has 42 heavy (non-hydrogen) atoms. The van der Waals surface area contributed by atoms with Gasteiger partial charge in [0.2, 0.25) is 5.83 Å². The average Bonchev–Trinajstić information content (AvgIpc) is 3.07. The molecule has 0 fully saturated rings. The number of thioether (sulfide) groups is 1. The molecule has 0 aromatic heterocycles. The maximum Gasteiger partial charge on any atom is 0.368 e. The molecular formula is C33H39FO6S2. The van der Waals surface area contributed by atoms with Crippen LogP contribution in [0.5, 0.6) is 11.5 Å². The van der Waals surface area contributed by atoms with Crippen LogP contribution in [0.4, 0.5) is 4.39 Å². The van der Waals surface area contributed by atoms with Crippen LogP contribution >= 0.6 is 22.4 Å². The lowest BCUT2D eigenvalue weighted by atomic mass is 9.80. The Morgan fingerprint density at radius 1 is 1.10 bits per heavy atom. The lowest BCUT2D eigenvalue weighted by molar-refractivity contribution is -0.134. The predicted molar refractivity (Wildman–Crippen MR) is 168 cm³/mol. The van der Waals surface area contributed by atoms with E-state index in [9.17, 15) is 18.3 Å². The van der Waals surface area contributed by atoms with Crippen LogP contribution in [0.2, 0.25) is 0 Å². The predicted octanol–water partition coefficient (Wildman–Crippen LogP) is 9.14. The number of benzene rings is 3. The van der Waals surface area contributed by atoms with E-state index in [1.807, 2.05) is 55.5 Å². The van der Waals surface area contributed by atoms with Crippen molar-refractivity contribution < 1.29 is 32.9 Å². The van der Waals surface area contributed by atoms with Crippen molar-refractivity contribution in [3.63, 3.8) is 0 Å². The highest BCUT2D eigenvalue weighted by Crippen LogP contribution is 2.64. The summed E-state index contributed by atoms with van der Waals surface area (Å²) in [6.07, 6.45) is 4.54. The monoisotopic (exact) mass is 614 g/mol. The number of ether oxygens (including phenoxy) is 2. The van der Waals surface area contributed by atoms with Gasteiger partial charge in [0.15, 0.2) is 0 Å². The summed E-state index contributed by atoms with van der Waals surface area (Å²) in [5.74, 6) is -1.67. The molecule has 0 saturated carbocycles. The van der Waals surface area contributed by atoms with E-state index in [-0.39, 0.29) is 17.6 Å². The van der Waals surface area contributed by atoms with Gasteiger partial charge in [-0.15, -0.1) is 11.8 Å². The van der Waals surface area contributed by atoms with E-state index in [2.05, 4.69) is 19.1 Å². The first-order valence-electron chi connectivity index (χ1n) is 14.2. The van der Waals surface area contributed by atoms with E-state index in [4.69, 9.17) is 14.6 Å². The van der Waals surface area contributed by atoms with Crippen LogP contribution in [0.25, 0.3) is 0 Å². The number of methoxy groups -OCH3 is 1. The number of carbonyl (C=O) groups is 1. The van der Waals surface area contributed by atoms with Gasteiger partial charge in [-0.25, -0.2) is 4.79 Å². The highest BCUT2D eigenvalue weighted by molar-refractivity contribution is 8.25. The zero-order valence-electron chi connectivity index (χ0n) is 24.2. The number of rotatable bonds is 12. The van der Waals surface area contributed by atoms with Gasteiger partial charge in [-0.3, -0.25) is 9.11 Å². The summed E-state index contributed by atoms with van der Waals surface area (Å²) in [6, 6.07) is 21.3. The number of unbranched alkanes of at least 4 members (excludes halogenated alkanes) is 1. The molecule has 3 unspecified atom stereocenters. The third kappa shape index (κ3) is 7.32. The van der Waals surface area contributed by atoms with Gasteiger partial charge in [-0.05, 0) is 65.8 Å². The molecule has 9 heteroatoms. The van der Waals surface area contributed by atoms with Crippen molar-refractivity contribution >= 4 is 28.3 Å². The summed E-state index contributed by atoms with van der Waals surface area (Å²) in [7, 11) is -1.80. The van der Waals surface area contributed by atoms with Gasteiger partial charge >= 0.3 is 5.97 Å². The van der Waals surface area contributed by atoms with Crippen LogP contribution in [0, 0.1) is 5.92 Å². The van der Waals surface area contributed by atoms with Gasteiger partial charge in [0, 0.05) is 12.0 Å². The van der Waals surface area contributed by atoms with Crippen LogP contribution < -0.4 is 9.47 Å². The molecule has 1 aliphatic rings. The Bertz CT molecular complexity index is 1380. The number of aliphatic carboxylic acids is 1. The fraction of sp³-hybridized carbons (Fsp3) is 0.364. The molecule has 3 aromatic carbocycles. The number of carboxylic acids is 1. The van der Waals surface area contributed by atoms with E-state index < -0.39 is 27.6 Å². The minimum atomic E-state index is -3.41. The number of carboxylic acid groups (broad SMARTS) is 1. The Hall–Kier alpha value is -2.98. The molecule has 3 atom stereocenters. The lowest BCUT2D eigenvalue weighted by Crippen LogP contribution is -2.29. The molecule has 0 radical (unpaired) electrons. The summed E-state index contributed by atoms with van der Waals surface area (Å²) in [4.78, 5) is 12.1. The molecule has 3 aromatic rings. The lowest BCUT2D eigenvalue weighted by Gasteiger charge is -2.43. The smallest absolute Gasteiger partial charge is 0.368 e. The maximum atomic E-state index is 13.9. The standard InChI is InChI=1S/C33H39FO6S2/c1-4-6-10-24-18-26(23-11-8-7-9-12-23)27-19-30(41-5-2)29(40-21-28(34)33(35)36)20-32(27)42(37,38)31(24)17-22-13-15-25(39-3)16-14-22/h7-9,11-16,19-21,24,26,31,37-38H,4-6,10,17-18H2,1-3H3,(H,35,36)/b28-21-. The molecule has 4 rings (SSSR count). The fourth-order valence-electron chi connectivity index (χ4n) is 5.68. The molecule has 0 saturated heterocycles. The van der Waals surface area contributed by atoms with Crippen molar-refractivity contribution in [2.45, 2.75) is 66.9 Å². The summed E-state index contributed by atoms with van der Waals surface area (Å²) in [5.41, 5.74) is 2.87. The molecule has 226 valence electrons. The van der Waals surface area contributed by atoms with E-state index in [0.29, 0.717) is 28.2 Å². The second kappa shape index (κ2) is 14.5. The Morgan fingerprint density at radius 3 is 2.43 bits per heavy atom. The molecular weight excluding hydrogens is 575 g/mol. The van der Waals surface area contributed by atoms with Crippen LogP contribution in [0.1, 0.15) is 62.1 Å². The largest absolute Gasteiger partial charge is 0.497 e. The quantitative estimate of drug-likeness (QED) is 0.106. The number of halogens is 1.